The van der Waals surface area contributed by atoms with Crippen molar-refractivity contribution in [1.29, 1.82) is 0 Å². The van der Waals surface area contributed by atoms with E-state index in [-0.39, 0.29) is 28.2 Å². The van der Waals surface area contributed by atoms with Gasteiger partial charge in [-0.3, -0.25) is 4.79 Å². The summed E-state index contributed by atoms with van der Waals surface area (Å²) in [6, 6.07) is 0. The summed E-state index contributed by atoms with van der Waals surface area (Å²) in [4.78, 5) is 12.2. The molecule has 0 saturated heterocycles. The lowest BCUT2D eigenvalue weighted by Crippen LogP contribution is -2.45. The Labute approximate surface area is 108 Å². The molecule has 1 aliphatic rings. The van der Waals surface area contributed by atoms with Gasteiger partial charge in [0.15, 0.2) is 0 Å². The van der Waals surface area contributed by atoms with Gasteiger partial charge in [-0.15, -0.1) is 0 Å². The predicted molar refractivity (Wildman–Crippen MR) is 71.7 cm³/mol. The van der Waals surface area contributed by atoms with Crippen LogP contribution in [-0.4, -0.2) is 16.8 Å². The average molecular weight is 290 g/mol. The molecule has 16 heavy (non-hydrogen) atoms. The maximum Gasteiger partial charge on any atom is 0.224 e. The Hall–Kier alpha value is -0.0500. The van der Waals surface area contributed by atoms with Crippen LogP contribution in [0.25, 0.3) is 0 Å². The van der Waals surface area contributed by atoms with Gasteiger partial charge in [-0.05, 0) is 31.1 Å². The first-order chi connectivity index (χ1) is 7.06. The molecule has 0 aromatic heterocycles. The molecule has 1 aliphatic carbocycles. The second-order valence-electron chi connectivity index (χ2n) is 6.69. The summed E-state index contributed by atoms with van der Waals surface area (Å²) in [5, 5.41) is 4.08. The molecule has 94 valence electrons. The summed E-state index contributed by atoms with van der Waals surface area (Å²) < 4.78 is 0. The highest BCUT2D eigenvalue weighted by atomic mass is 79.9. The third-order valence-electron chi connectivity index (χ3n) is 4.46. The fraction of sp³-hybridized carbons (Fsp3) is 0.923. The van der Waals surface area contributed by atoms with Gasteiger partial charge >= 0.3 is 0 Å². The Morgan fingerprint density at radius 1 is 1.25 bits per heavy atom. The number of alkyl halides is 1. The summed E-state index contributed by atoms with van der Waals surface area (Å²) in [5.41, 5.74) is 0.137. The van der Waals surface area contributed by atoms with E-state index in [1.165, 1.54) is 0 Å². The molecule has 0 unspecified atom stereocenters. The Morgan fingerprint density at radius 2 is 1.69 bits per heavy atom. The molecule has 2 nitrogen and oxygen atoms in total. The lowest BCUT2D eigenvalue weighted by atomic mass is 10.0. The minimum Gasteiger partial charge on any atom is -0.351 e. The van der Waals surface area contributed by atoms with Crippen LogP contribution in [0.5, 0.6) is 0 Å². The van der Waals surface area contributed by atoms with Crippen LogP contribution in [0.2, 0.25) is 0 Å². The molecule has 0 aromatic carbocycles. The predicted octanol–water partition coefficient (Wildman–Crippen LogP) is 3.35. The van der Waals surface area contributed by atoms with E-state index in [0.29, 0.717) is 0 Å². The van der Waals surface area contributed by atoms with Crippen molar-refractivity contribution in [2.24, 2.45) is 16.7 Å². The van der Waals surface area contributed by atoms with Crippen molar-refractivity contribution >= 4 is 21.8 Å². The van der Waals surface area contributed by atoms with Crippen molar-refractivity contribution in [3.05, 3.63) is 0 Å². The van der Waals surface area contributed by atoms with E-state index in [1.54, 1.807) is 0 Å². The van der Waals surface area contributed by atoms with Crippen LogP contribution in [0.1, 0.15) is 48.0 Å². The van der Waals surface area contributed by atoms with Crippen LogP contribution < -0.4 is 5.32 Å². The van der Waals surface area contributed by atoms with Crippen molar-refractivity contribution in [3.63, 3.8) is 0 Å². The molecular weight excluding hydrogens is 266 g/mol. The Morgan fingerprint density at radius 3 is 2.00 bits per heavy atom. The number of rotatable bonds is 4. The number of carbonyl (C=O) groups is 1. The van der Waals surface area contributed by atoms with Crippen LogP contribution in [0.15, 0.2) is 0 Å². The molecule has 1 saturated carbocycles. The van der Waals surface area contributed by atoms with E-state index < -0.39 is 0 Å². The highest BCUT2D eigenvalue weighted by Gasteiger charge is 2.68. The van der Waals surface area contributed by atoms with Gasteiger partial charge in [0.05, 0.1) is 0 Å². The summed E-state index contributed by atoms with van der Waals surface area (Å²) >= 11 is 3.42. The molecule has 1 N–H and O–H groups in total. The van der Waals surface area contributed by atoms with Gasteiger partial charge < -0.3 is 5.32 Å². The zero-order valence-electron chi connectivity index (χ0n) is 11.3. The monoisotopic (exact) mass is 289 g/mol. The van der Waals surface area contributed by atoms with E-state index >= 15 is 0 Å². The third kappa shape index (κ3) is 2.29. The lowest BCUT2D eigenvalue weighted by molar-refractivity contribution is -0.125. The molecule has 0 aliphatic heterocycles. The minimum absolute atomic E-state index is 0.116. The first kappa shape index (κ1) is 14.0. The van der Waals surface area contributed by atoms with Crippen molar-refractivity contribution in [3.8, 4) is 0 Å². The molecular formula is C13H24BrNO. The molecule has 3 heteroatoms. The number of hydrogen-bond donors (Lipinski definition) is 1. The molecule has 1 fully saturated rings. The summed E-state index contributed by atoms with van der Waals surface area (Å²) in [5.74, 6) is 0.357. The van der Waals surface area contributed by atoms with Gasteiger partial charge in [0, 0.05) is 16.8 Å². The largest absolute Gasteiger partial charge is 0.351 e. The highest BCUT2D eigenvalue weighted by molar-refractivity contribution is 9.09. The molecule has 0 radical (unpaired) electrons. The summed E-state index contributed by atoms with van der Waals surface area (Å²) in [6.07, 6.45) is 0.951. The van der Waals surface area contributed by atoms with E-state index in [1.807, 2.05) is 0 Å². The van der Waals surface area contributed by atoms with Crippen LogP contribution in [0, 0.1) is 16.7 Å². The zero-order valence-corrected chi connectivity index (χ0v) is 12.9. The van der Waals surface area contributed by atoms with Crippen LogP contribution in [0.3, 0.4) is 0 Å². The maximum absolute atomic E-state index is 12.2. The van der Waals surface area contributed by atoms with Crippen molar-refractivity contribution in [2.75, 3.05) is 5.33 Å². The van der Waals surface area contributed by atoms with Gasteiger partial charge in [-0.1, -0.05) is 43.6 Å². The third-order valence-corrected chi connectivity index (χ3v) is 4.86. The van der Waals surface area contributed by atoms with Crippen molar-refractivity contribution in [2.45, 2.75) is 53.5 Å². The van der Waals surface area contributed by atoms with Gasteiger partial charge in [-0.25, -0.2) is 0 Å². The highest BCUT2D eigenvalue weighted by Crippen LogP contribution is 2.68. The van der Waals surface area contributed by atoms with Gasteiger partial charge in [0.25, 0.3) is 0 Å². The Balaban J connectivity index is 2.63. The second-order valence-corrected chi connectivity index (χ2v) is 7.48. The average Bonchev–Trinajstić information content (AvgIpc) is 2.40. The second kappa shape index (κ2) is 4.01. The minimum atomic E-state index is -0.116. The molecule has 0 heterocycles. The quantitative estimate of drug-likeness (QED) is 0.790. The van der Waals surface area contributed by atoms with E-state index in [2.05, 4.69) is 62.8 Å². The topological polar surface area (TPSA) is 29.1 Å². The first-order valence-electron chi connectivity index (χ1n) is 5.94. The van der Waals surface area contributed by atoms with Crippen LogP contribution >= 0.6 is 15.9 Å². The van der Waals surface area contributed by atoms with Crippen LogP contribution in [-0.2, 0) is 4.79 Å². The zero-order chi connectivity index (χ0) is 12.8. The van der Waals surface area contributed by atoms with Crippen molar-refractivity contribution in [1.82, 2.24) is 5.32 Å². The fourth-order valence-corrected chi connectivity index (χ4v) is 3.55. The fourth-order valence-electron chi connectivity index (χ4n) is 2.56. The molecule has 0 atom stereocenters. The molecule has 0 spiro atoms. The number of carbonyl (C=O) groups excluding carboxylic acids is 1. The standard InChI is InChI=1S/C13H24BrNO/c1-11(2,7-8-14)15-10(16)9-12(3,4)13(9,5)6/h9H,7-8H2,1-6H3,(H,15,16). The SMILES string of the molecule is CC(C)(CCBr)NC(=O)C1C(C)(C)C1(C)C. The number of hydrogen-bond acceptors (Lipinski definition) is 1. The number of nitrogens with one attached hydrogen (secondary N) is 1. The van der Waals surface area contributed by atoms with Crippen molar-refractivity contribution < 1.29 is 4.79 Å². The maximum atomic E-state index is 12.2. The Bertz CT molecular complexity index is 280. The van der Waals surface area contributed by atoms with Gasteiger partial charge in [0.2, 0.25) is 5.91 Å². The van der Waals surface area contributed by atoms with Gasteiger partial charge in [0.1, 0.15) is 0 Å². The van der Waals surface area contributed by atoms with E-state index in [4.69, 9.17) is 0 Å². The summed E-state index contributed by atoms with van der Waals surface area (Å²) in [7, 11) is 0. The normalized spacial score (nSPS) is 22.9. The number of halogens is 1. The molecule has 0 bridgehead atoms. The molecule has 0 aromatic rings. The lowest BCUT2D eigenvalue weighted by Gasteiger charge is -2.26. The molecule has 1 rings (SSSR count). The first-order valence-corrected chi connectivity index (χ1v) is 7.06. The van der Waals surface area contributed by atoms with Gasteiger partial charge in [-0.2, -0.15) is 0 Å². The molecule has 1 amide bonds. The number of amides is 1. The summed E-state index contributed by atoms with van der Waals surface area (Å²) in [6.45, 7) is 12.9. The smallest absolute Gasteiger partial charge is 0.224 e. The Kier molecular flexibility index (Phi) is 3.51. The van der Waals surface area contributed by atoms with Crippen LogP contribution in [0.4, 0.5) is 0 Å². The van der Waals surface area contributed by atoms with E-state index in [0.717, 1.165) is 11.8 Å². The van der Waals surface area contributed by atoms with E-state index in [9.17, 15) is 4.79 Å².